The van der Waals surface area contributed by atoms with Crippen LogP contribution in [0.3, 0.4) is 0 Å². The number of hydrogen-bond acceptors (Lipinski definition) is 5. The van der Waals surface area contributed by atoms with E-state index in [1.54, 1.807) is 18.2 Å². The molecule has 7 nitrogen and oxygen atoms in total. The predicted octanol–water partition coefficient (Wildman–Crippen LogP) is 3.40. The van der Waals surface area contributed by atoms with Crippen molar-refractivity contribution in [2.45, 2.75) is 13.0 Å². The third-order valence-electron chi connectivity index (χ3n) is 4.11. The summed E-state index contributed by atoms with van der Waals surface area (Å²) in [4.78, 5) is 24.9. The first-order chi connectivity index (χ1) is 13.7. The van der Waals surface area contributed by atoms with E-state index in [9.17, 15) is 18.0 Å². The molecule has 1 atom stereocenters. The van der Waals surface area contributed by atoms with Crippen molar-refractivity contribution < 1.29 is 22.7 Å². The standard InChI is InChI=1S/C21H20N2O5S/c1-14(20(24)22-17-12-11-15-7-3-4-8-16(15)13-17)28-21(25)18-9-5-6-10-19(18)23-29(2,26)27/h3-14,23H,1-2H3,(H,22,24)/t14-/m0/s1. The lowest BCUT2D eigenvalue weighted by molar-refractivity contribution is -0.123. The highest BCUT2D eigenvalue weighted by Crippen LogP contribution is 2.20. The van der Waals surface area contributed by atoms with Crippen LogP contribution in [0.15, 0.2) is 66.7 Å². The van der Waals surface area contributed by atoms with E-state index in [-0.39, 0.29) is 11.3 Å². The normalized spacial score (nSPS) is 12.2. The third kappa shape index (κ3) is 5.32. The molecular weight excluding hydrogens is 392 g/mol. The first-order valence-electron chi connectivity index (χ1n) is 8.80. The molecule has 0 aromatic heterocycles. The molecule has 0 aliphatic heterocycles. The fourth-order valence-electron chi connectivity index (χ4n) is 2.74. The average Bonchev–Trinajstić information content (AvgIpc) is 2.67. The van der Waals surface area contributed by atoms with Crippen LogP contribution in [0.2, 0.25) is 0 Å². The number of carbonyl (C=O) groups excluding carboxylic acids is 2. The molecule has 150 valence electrons. The molecule has 0 aliphatic rings. The van der Waals surface area contributed by atoms with Gasteiger partial charge in [0.25, 0.3) is 5.91 Å². The van der Waals surface area contributed by atoms with Crippen molar-refractivity contribution in [3.63, 3.8) is 0 Å². The molecule has 3 aromatic carbocycles. The molecule has 0 saturated carbocycles. The second-order valence-electron chi connectivity index (χ2n) is 6.52. The summed E-state index contributed by atoms with van der Waals surface area (Å²) in [7, 11) is -3.57. The second-order valence-corrected chi connectivity index (χ2v) is 8.27. The van der Waals surface area contributed by atoms with Crippen LogP contribution in [0.1, 0.15) is 17.3 Å². The molecule has 0 spiro atoms. The van der Waals surface area contributed by atoms with Gasteiger partial charge in [-0.1, -0.05) is 42.5 Å². The van der Waals surface area contributed by atoms with E-state index >= 15 is 0 Å². The van der Waals surface area contributed by atoms with Gasteiger partial charge in [-0.2, -0.15) is 0 Å². The van der Waals surface area contributed by atoms with E-state index in [0.29, 0.717) is 5.69 Å². The van der Waals surface area contributed by atoms with Crippen LogP contribution in [-0.2, 0) is 19.6 Å². The molecule has 3 aromatic rings. The maximum Gasteiger partial charge on any atom is 0.341 e. The largest absolute Gasteiger partial charge is 0.449 e. The van der Waals surface area contributed by atoms with Crippen molar-refractivity contribution in [3.05, 3.63) is 72.3 Å². The zero-order chi connectivity index (χ0) is 21.0. The molecule has 1 amide bonds. The molecular formula is C21H20N2O5S. The van der Waals surface area contributed by atoms with E-state index in [1.165, 1.54) is 19.1 Å². The van der Waals surface area contributed by atoms with Gasteiger partial charge in [0.1, 0.15) is 0 Å². The molecule has 3 rings (SSSR count). The van der Waals surface area contributed by atoms with Crippen molar-refractivity contribution in [2.75, 3.05) is 16.3 Å². The Morgan fingerprint density at radius 2 is 1.59 bits per heavy atom. The zero-order valence-corrected chi connectivity index (χ0v) is 16.7. The van der Waals surface area contributed by atoms with Crippen molar-refractivity contribution in [2.24, 2.45) is 0 Å². The van der Waals surface area contributed by atoms with Crippen molar-refractivity contribution in [3.8, 4) is 0 Å². The number of ether oxygens (including phenoxy) is 1. The van der Waals surface area contributed by atoms with Crippen LogP contribution in [0, 0.1) is 0 Å². The van der Waals surface area contributed by atoms with Crippen LogP contribution in [0.5, 0.6) is 0 Å². The molecule has 0 radical (unpaired) electrons. The lowest BCUT2D eigenvalue weighted by Crippen LogP contribution is -2.30. The van der Waals surface area contributed by atoms with E-state index in [4.69, 9.17) is 4.74 Å². The van der Waals surface area contributed by atoms with Gasteiger partial charge in [0.2, 0.25) is 10.0 Å². The highest BCUT2D eigenvalue weighted by Gasteiger charge is 2.21. The number of fused-ring (bicyclic) bond motifs is 1. The Bertz CT molecular complexity index is 1170. The summed E-state index contributed by atoms with van der Waals surface area (Å²) >= 11 is 0. The summed E-state index contributed by atoms with van der Waals surface area (Å²) in [5.41, 5.74) is 0.682. The molecule has 29 heavy (non-hydrogen) atoms. The quantitative estimate of drug-likeness (QED) is 0.604. The van der Waals surface area contributed by atoms with E-state index in [2.05, 4.69) is 10.0 Å². The first kappa shape index (κ1) is 20.3. The van der Waals surface area contributed by atoms with Crippen LogP contribution in [-0.4, -0.2) is 32.7 Å². The highest BCUT2D eigenvalue weighted by molar-refractivity contribution is 7.92. The molecule has 0 heterocycles. The summed E-state index contributed by atoms with van der Waals surface area (Å²) in [6.07, 6.45) is -0.102. The lowest BCUT2D eigenvalue weighted by Gasteiger charge is -2.15. The number of benzene rings is 3. The summed E-state index contributed by atoms with van der Waals surface area (Å²) in [6, 6.07) is 19.2. The summed E-state index contributed by atoms with van der Waals surface area (Å²) < 4.78 is 30.4. The van der Waals surface area contributed by atoms with E-state index in [1.807, 2.05) is 36.4 Å². The van der Waals surface area contributed by atoms with Gasteiger partial charge in [-0.3, -0.25) is 9.52 Å². The number of hydrogen-bond donors (Lipinski definition) is 2. The van der Waals surface area contributed by atoms with Crippen LogP contribution < -0.4 is 10.0 Å². The minimum atomic E-state index is -3.57. The molecule has 0 aliphatic carbocycles. The molecule has 0 bridgehead atoms. The molecule has 0 unspecified atom stereocenters. The van der Waals surface area contributed by atoms with Gasteiger partial charge in [0.05, 0.1) is 17.5 Å². The van der Waals surface area contributed by atoms with Crippen LogP contribution in [0.25, 0.3) is 10.8 Å². The van der Waals surface area contributed by atoms with E-state index < -0.39 is 28.0 Å². The Labute approximate surface area is 168 Å². The van der Waals surface area contributed by atoms with Gasteiger partial charge in [-0.25, -0.2) is 13.2 Å². The summed E-state index contributed by atoms with van der Waals surface area (Å²) in [6.45, 7) is 1.45. The maximum atomic E-state index is 12.5. The summed E-state index contributed by atoms with van der Waals surface area (Å²) in [5.74, 6) is -1.31. The third-order valence-corrected chi connectivity index (χ3v) is 4.70. The van der Waals surface area contributed by atoms with Gasteiger partial charge >= 0.3 is 5.97 Å². The van der Waals surface area contributed by atoms with E-state index in [0.717, 1.165) is 17.0 Å². The minimum Gasteiger partial charge on any atom is -0.449 e. The molecule has 0 saturated heterocycles. The Morgan fingerprint density at radius 3 is 2.31 bits per heavy atom. The molecule has 8 heteroatoms. The fourth-order valence-corrected chi connectivity index (χ4v) is 3.32. The smallest absolute Gasteiger partial charge is 0.341 e. The summed E-state index contributed by atoms with van der Waals surface area (Å²) in [5, 5.41) is 4.73. The average molecular weight is 412 g/mol. The first-order valence-corrected chi connectivity index (χ1v) is 10.7. The van der Waals surface area contributed by atoms with Gasteiger partial charge < -0.3 is 10.1 Å². The fraction of sp³-hybridized carbons (Fsp3) is 0.143. The number of amides is 1. The monoisotopic (exact) mass is 412 g/mol. The van der Waals surface area contributed by atoms with Gasteiger partial charge in [-0.15, -0.1) is 0 Å². The number of para-hydroxylation sites is 1. The van der Waals surface area contributed by atoms with Crippen LogP contribution >= 0.6 is 0 Å². The number of anilines is 2. The minimum absolute atomic E-state index is 0.0169. The number of esters is 1. The van der Waals surface area contributed by atoms with Crippen LogP contribution in [0.4, 0.5) is 11.4 Å². The van der Waals surface area contributed by atoms with Gasteiger partial charge in [0.15, 0.2) is 6.10 Å². The Kier molecular flexibility index (Phi) is 5.84. The van der Waals surface area contributed by atoms with Crippen molar-refractivity contribution in [1.29, 1.82) is 0 Å². The number of rotatable bonds is 6. The molecule has 0 fully saturated rings. The SMILES string of the molecule is C[C@H](OC(=O)c1ccccc1NS(C)(=O)=O)C(=O)Nc1ccc2ccccc2c1. The second kappa shape index (κ2) is 8.32. The highest BCUT2D eigenvalue weighted by atomic mass is 32.2. The predicted molar refractivity (Wildman–Crippen MR) is 112 cm³/mol. The number of nitrogens with one attached hydrogen (secondary N) is 2. The number of sulfonamides is 1. The maximum absolute atomic E-state index is 12.5. The van der Waals surface area contributed by atoms with Crippen molar-refractivity contribution in [1.82, 2.24) is 0 Å². The Morgan fingerprint density at radius 1 is 0.931 bits per heavy atom. The van der Waals surface area contributed by atoms with Gasteiger partial charge in [-0.05, 0) is 42.0 Å². The topological polar surface area (TPSA) is 102 Å². The number of carbonyl (C=O) groups is 2. The van der Waals surface area contributed by atoms with Crippen molar-refractivity contribution >= 4 is 44.0 Å². The lowest BCUT2D eigenvalue weighted by atomic mass is 10.1. The van der Waals surface area contributed by atoms with Gasteiger partial charge in [0, 0.05) is 5.69 Å². The Hall–Kier alpha value is -3.39. The molecule has 2 N–H and O–H groups in total. The Balaban J connectivity index is 1.70. The zero-order valence-electron chi connectivity index (χ0n) is 15.9.